The van der Waals surface area contributed by atoms with Crippen LogP contribution in [0.25, 0.3) is 32.9 Å². The van der Waals surface area contributed by atoms with Crippen molar-refractivity contribution >= 4 is 28.3 Å². The van der Waals surface area contributed by atoms with Crippen molar-refractivity contribution in [1.29, 1.82) is 0 Å². The summed E-state index contributed by atoms with van der Waals surface area (Å²) < 4.78 is 4.77. The third-order valence-corrected chi connectivity index (χ3v) is 4.92. The van der Waals surface area contributed by atoms with E-state index in [4.69, 9.17) is 4.74 Å². The second-order valence-corrected chi connectivity index (χ2v) is 6.42. The highest BCUT2D eigenvalue weighted by Crippen LogP contribution is 2.31. The molecule has 0 saturated heterocycles. The van der Waals surface area contributed by atoms with Crippen LogP contribution < -0.4 is 0 Å². The minimum absolute atomic E-state index is 0.306. The Balaban J connectivity index is 1.73. The van der Waals surface area contributed by atoms with Crippen LogP contribution in [-0.2, 0) is 4.74 Å². The molecular formula is C19H14N2O2S. The minimum Gasteiger partial charge on any atom is -0.465 e. The van der Waals surface area contributed by atoms with Crippen LogP contribution in [0.15, 0.2) is 60.7 Å². The molecule has 2 aromatic heterocycles. The number of imidazole rings is 1. The highest BCUT2D eigenvalue weighted by atomic mass is 32.1. The average Bonchev–Trinajstić information content (AvgIpc) is 3.28. The number of thiophene rings is 1. The molecule has 0 aliphatic rings. The van der Waals surface area contributed by atoms with Crippen molar-refractivity contribution in [3.63, 3.8) is 0 Å². The van der Waals surface area contributed by atoms with Crippen LogP contribution in [-0.4, -0.2) is 23.0 Å². The highest BCUT2D eigenvalue weighted by molar-refractivity contribution is 7.17. The lowest BCUT2D eigenvalue weighted by Gasteiger charge is -2.01. The van der Waals surface area contributed by atoms with Gasteiger partial charge in [-0.1, -0.05) is 30.3 Å². The number of ether oxygens (including phenoxy) is 1. The van der Waals surface area contributed by atoms with E-state index >= 15 is 0 Å². The number of hydrogen-bond donors (Lipinski definition) is 1. The fourth-order valence-electron chi connectivity index (χ4n) is 2.61. The molecule has 24 heavy (non-hydrogen) atoms. The first-order valence-corrected chi connectivity index (χ1v) is 8.30. The Kier molecular flexibility index (Phi) is 3.63. The number of hydrogen-bond acceptors (Lipinski definition) is 4. The number of aromatic nitrogens is 2. The number of methoxy groups -OCH3 is 1. The number of nitrogens with zero attached hydrogens (tertiary/aromatic N) is 1. The molecule has 4 nitrogen and oxygen atoms in total. The maximum Gasteiger partial charge on any atom is 0.348 e. The van der Waals surface area contributed by atoms with Gasteiger partial charge < -0.3 is 9.72 Å². The summed E-state index contributed by atoms with van der Waals surface area (Å²) in [6, 6.07) is 19.8. The van der Waals surface area contributed by atoms with Crippen LogP contribution >= 0.6 is 11.3 Å². The summed E-state index contributed by atoms with van der Waals surface area (Å²) in [6.07, 6.45) is 0. The van der Waals surface area contributed by atoms with E-state index < -0.39 is 0 Å². The molecule has 2 aromatic carbocycles. The summed E-state index contributed by atoms with van der Waals surface area (Å²) in [5.74, 6) is 0.530. The van der Waals surface area contributed by atoms with Gasteiger partial charge in [0, 0.05) is 10.4 Å². The SMILES string of the molecule is COC(=O)c1ccc(-c2cccc(-c3nc4ccccc4[nH]3)c2)s1. The number of rotatable bonds is 3. The van der Waals surface area contributed by atoms with Gasteiger partial charge in [-0.15, -0.1) is 11.3 Å². The normalized spacial score (nSPS) is 10.9. The standard InChI is InChI=1S/C19H14N2O2S/c1-23-19(22)17-10-9-16(24-17)12-5-4-6-13(11-12)18-20-14-7-2-3-8-15(14)21-18/h2-11H,1H3,(H,20,21). The number of nitrogens with one attached hydrogen (secondary N) is 1. The molecule has 5 heteroatoms. The highest BCUT2D eigenvalue weighted by Gasteiger charge is 2.11. The third kappa shape index (κ3) is 2.59. The van der Waals surface area contributed by atoms with Crippen molar-refractivity contribution in [3.8, 4) is 21.8 Å². The number of carbonyl (C=O) groups excluding carboxylic acids is 1. The molecule has 2 heterocycles. The summed E-state index contributed by atoms with van der Waals surface area (Å²) >= 11 is 1.42. The molecule has 118 valence electrons. The number of carbonyl (C=O) groups is 1. The smallest absolute Gasteiger partial charge is 0.348 e. The van der Waals surface area contributed by atoms with Crippen LogP contribution in [0.5, 0.6) is 0 Å². The second-order valence-electron chi connectivity index (χ2n) is 5.34. The molecule has 0 amide bonds. The van der Waals surface area contributed by atoms with E-state index in [1.54, 1.807) is 6.07 Å². The lowest BCUT2D eigenvalue weighted by molar-refractivity contribution is 0.0606. The van der Waals surface area contributed by atoms with Crippen molar-refractivity contribution in [2.45, 2.75) is 0 Å². The fraction of sp³-hybridized carbons (Fsp3) is 0.0526. The monoisotopic (exact) mass is 334 g/mol. The molecule has 0 saturated carbocycles. The molecule has 0 radical (unpaired) electrons. The van der Waals surface area contributed by atoms with Crippen LogP contribution in [0.3, 0.4) is 0 Å². The number of H-pyrrole nitrogens is 1. The van der Waals surface area contributed by atoms with Gasteiger partial charge in [-0.05, 0) is 35.9 Å². The quantitative estimate of drug-likeness (QED) is 0.550. The predicted molar refractivity (Wildman–Crippen MR) is 96.2 cm³/mol. The van der Waals surface area contributed by atoms with Crippen molar-refractivity contribution in [3.05, 3.63) is 65.5 Å². The largest absolute Gasteiger partial charge is 0.465 e. The minimum atomic E-state index is -0.306. The van der Waals surface area contributed by atoms with Gasteiger partial charge in [0.2, 0.25) is 0 Å². The zero-order valence-corrected chi connectivity index (χ0v) is 13.8. The number of aromatic amines is 1. The Labute approximate surface area is 142 Å². The van der Waals surface area contributed by atoms with Gasteiger partial charge in [-0.25, -0.2) is 9.78 Å². The van der Waals surface area contributed by atoms with Crippen LogP contribution in [0.4, 0.5) is 0 Å². The van der Waals surface area contributed by atoms with Crippen LogP contribution in [0.1, 0.15) is 9.67 Å². The molecule has 0 atom stereocenters. The summed E-state index contributed by atoms with van der Waals surface area (Å²) in [7, 11) is 1.39. The Morgan fingerprint density at radius 3 is 2.71 bits per heavy atom. The molecular weight excluding hydrogens is 320 g/mol. The van der Waals surface area contributed by atoms with Crippen molar-refractivity contribution in [2.75, 3.05) is 7.11 Å². The fourth-order valence-corrected chi connectivity index (χ4v) is 3.53. The van der Waals surface area contributed by atoms with E-state index in [-0.39, 0.29) is 5.97 Å². The first-order chi connectivity index (χ1) is 11.7. The Morgan fingerprint density at radius 1 is 1.04 bits per heavy atom. The maximum atomic E-state index is 11.6. The Bertz CT molecular complexity index is 999. The number of esters is 1. The molecule has 0 unspecified atom stereocenters. The van der Waals surface area contributed by atoms with Crippen molar-refractivity contribution in [2.24, 2.45) is 0 Å². The molecule has 1 N–H and O–H groups in total. The summed E-state index contributed by atoms with van der Waals surface area (Å²) in [4.78, 5) is 21.2. The van der Waals surface area contributed by atoms with Gasteiger partial charge in [-0.3, -0.25) is 0 Å². The summed E-state index contributed by atoms with van der Waals surface area (Å²) in [6.45, 7) is 0. The van der Waals surface area contributed by atoms with Gasteiger partial charge in [-0.2, -0.15) is 0 Å². The van der Waals surface area contributed by atoms with E-state index in [9.17, 15) is 4.79 Å². The first kappa shape index (κ1) is 14.7. The average molecular weight is 334 g/mol. The van der Waals surface area contributed by atoms with Crippen molar-refractivity contribution < 1.29 is 9.53 Å². The third-order valence-electron chi connectivity index (χ3n) is 3.80. The number of fused-ring (bicyclic) bond motifs is 1. The van der Waals surface area contributed by atoms with E-state index in [0.717, 1.165) is 32.9 Å². The van der Waals surface area contributed by atoms with E-state index in [1.807, 2.05) is 48.5 Å². The van der Waals surface area contributed by atoms with Gasteiger partial charge in [0.15, 0.2) is 0 Å². The zero-order valence-electron chi connectivity index (χ0n) is 12.9. The molecule has 0 aliphatic heterocycles. The molecule has 0 bridgehead atoms. The summed E-state index contributed by atoms with van der Waals surface area (Å²) in [5, 5.41) is 0. The van der Waals surface area contributed by atoms with Gasteiger partial charge in [0.1, 0.15) is 10.7 Å². The van der Waals surface area contributed by atoms with Crippen molar-refractivity contribution in [1.82, 2.24) is 9.97 Å². The Morgan fingerprint density at radius 2 is 1.88 bits per heavy atom. The Hall–Kier alpha value is -2.92. The molecule has 4 rings (SSSR count). The second kappa shape index (κ2) is 5.94. The lowest BCUT2D eigenvalue weighted by Crippen LogP contribution is -1.96. The molecule has 0 fully saturated rings. The van der Waals surface area contributed by atoms with Crippen LogP contribution in [0, 0.1) is 0 Å². The zero-order chi connectivity index (χ0) is 16.5. The number of para-hydroxylation sites is 2. The predicted octanol–water partition coefficient (Wildman–Crippen LogP) is 4.75. The maximum absolute atomic E-state index is 11.6. The topological polar surface area (TPSA) is 55.0 Å². The van der Waals surface area contributed by atoms with Gasteiger partial charge in [0.05, 0.1) is 18.1 Å². The van der Waals surface area contributed by atoms with E-state index in [1.165, 1.54) is 18.4 Å². The van der Waals surface area contributed by atoms with Gasteiger partial charge >= 0.3 is 5.97 Å². The lowest BCUT2D eigenvalue weighted by atomic mass is 10.1. The van der Waals surface area contributed by atoms with E-state index in [0.29, 0.717) is 4.88 Å². The number of benzene rings is 2. The van der Waals surface area contributed by atoms with Crippen LogP contribution in [0.2, 0.25) is 0 Å². The summed E-state index contributed by atoms with van der Waals surface area (Å²) in [5.41, 5.74) is 4.02. The van der Waals surface area contributed by atoms with E-state index in [2.05, 4.69) is 16.0 Å². The molecule has 4 aromatic rings. The van der Waals surface area contributed by atoms with Gasteiger partial charge in [0.25, 0.3) is 0 Å². The first-order valence-electron chi connectivity index (χ1n) is 7.48. The molecule has 0 spiro atoms. The molecule has 0 aliphatic carbocycles.